The lowest BCUT2D eigenvalue weighted by molar-refractivity contribution is -0.146. The maximum atomic E-state index is 12.3. The lowest BCUT2D eigenvalue weighted by atomic mass is 9.88. The van der Waals surface area contributed by atoms with Crippen LogP contribution < -0.4 is 9.47 Å². The average molecular weight is 625 g/mol. The van der Waals surface area contributed by atoms with Crippen LogP contribution in [0.5, 0.6) is 11.6 Å². The molecule has 9 heteroatoms. The molecular formula is C36H40N4O4S. The maximum absolute atomic E-state index is 12.3. The zero-order valence-corrected chi connectivity index (χ0v) is 27.7. The van der Waals surface area contributed by atoms with E-state index in [1.165, 1.54) is 0 Å². The predicted octanol–water partition coefficient (Wildman–Crippen LogP) is 7.98. The van der Waals surface area contributed by atoms with Gasteiger partial charge < -0.3 is 19.1 Å². The molecule has 234 valence electrons. The van der Waals surface area contributed by atoms with E-state index in [9.17, 15) is 9.90 Å². The van der Waals surface area contributed by atoms with E-state index in [0.29, 0.717) is 31.2 Å². The van der Waals surface area contributed by atoms with Gasteiger partial charge in [-0.1, -0.05) is 51.1 Å². The van der Waals surface area contributed by atoms with Crippen LogP contribution >= 0.6 is 11.8 Å². The summed E-state index contributed by atoms with van der Waals surface area (Å²) in [5.41, 5.74) is 5.80. The minimum absolute atomic E-state index is 0.127. The third kappa shape index (κ3) is 7.65. The first-order valence-corrected chi connectivity index (χ1v) is 15.7. The molecule has 1 aromatic carbocycles. The summed E-state index contributed by atoms with van der Waals surface area (Å²) in [5.74, 6) is 0.369. The third-order valence-electron chi connectivity index (χ3n) is 7.46. The van der Waals surface area contributed by atoms with Gasteiger partial charge in [-0.15, -0.1) is 11.8 Å². The number of nitrogens with zero attached hydrogens (tertiary/aromatic N) is 4. The number of pyridine rings is 3. The molecule has 0 radical (unpaired) electrons. The van der Waals surface area contributed by atoms with Crippen LogP contribution in [0.15, 0.2) is 78.1 Å². The molecule has 0 saturated heterocycles. The largest absolute Gasteiger partial charge is 0.486 e. The van der Waals surface area contributed by atoms with E-state index in [4.69, 9.17) is 14.5 Å². The first-order chi connectivity index (χ1) is 21.3. The Morgan fingerprint density at radius 2 is 1.64 bits per heavy atom. The number of hydrogen-bond donors (Lipinski definition) is 1. The monoisotopic (exact) mass is 624 g/mol. The van der Waals surface area contributed by atoms with Crippen LogP contribution in [0.2, 0.25) is 0 Å². The second-order valence-corrected chi connectivity index (χ2v) is 14.7. The Balaban J connectivity index is 1.56. The standard InChI is InChI=1S/C36H40N4O4S/c1-23-8-14-27(37-18-23)22-44-28-16-29-32(45-35(2,3)4)30(17-36(5,6)34(41)42)40(33(29)39-20-28)21-24-9-11-25(12-10-24)26-13-15-31(43-7)38-19-26/h8-16,18-20H,17,21-22H2,1-7H3,(H,41,42). The first kappa shape index (κ1) is 32.0. The summed E-state index contributed by atoms with van der Waals surface area (Å²) in [4.78, 5) is 27.1. The van der Waals surface area contributed by atoms with Crippen molar-refractivity contribution in [1.29, 1.82) is 0 Å². The van der Waals surface area contributed by atoms with Crippen molar-refractivity contribution in [2.75, 3.05) is 7.11 Å². The zero-order chi connectivity index (χ0) is 32.4. The van der Waals surface area contributed by atoms with Crippen LogP contribution in [0.1, 0.15) is 57.1 Å². The smallest absolute Gasteiger partial charge is 0.309 e. The van der Waals surface area contributed by atoms with Crippen molar-refractivity contribution in [2.45, 2.75) is 70.8 Å². The second kappa shape index (κ2) is 12.9. The summed E-state index contributed by atoms with van der Waals surface area (Å²) >= 11 is 1.73. The van der Waals surface area contributed by atoms with Crippen molar-refractivity contribution in [2.24, 2.45) is 5.41 Å². The number of carboxylic acids is 1. The normalized spacial score (nSPS) is 12.0. The van der Waals surface area contributed by atoms with Crippen LogP contribution in [-0.4, -0.2) is 42.5 Å². The van der Waals surface area contributed by atoms with Gasteiger partial charge in [0.2, 0.25) is 5.88 Å². The Hall–Kier alpha value is -4.37. The molecule has 8 nitrogen and oxygen atoms in total. The van der Waals surface area contributed by atoms with E-state index in [1.807, 2.05) is 43.5 Å². The molecule has 0 spiro atoms. The predicted molar refractivity (Wildman–Crippen MR) is 179 cm³/mol. The van der Waals surface area contributed by atoms with E-state index in [-0.39, 0.29) is 4.75 Å². The van der Waals surface area contributed by atoms with E-state index >= 15 is 0 Å². The fourth-order valence-electron chi connectivity index (χ4n) is 4.96. The van der Waals surface area contributed by atoms with Gasteiger partial charge >= 0.3 is 5.97 Å². The van der Waals surface area contributed by atoms with E-state index < -0.39 is 11.4 Å². The lowest BCUT2D eigenvalue weighted by Gasteiger charge is -2.24. The minimum Gasteiger partial charge on any atom is -0.486 e. The summed E-state index contributed by atoms with van der Waals surface area (Å²) in [5, 5.41) is 11.1. The van der Waals surface area contributed by atoms with Gasteiger partial charge in [-0.3, -0.25) is 9.78 Å². The number of rotatable bonds is 11. The Labute approximate surface area is 268 Å². The molecule has 5 aromatic rings. The molecule has 0 saturated carbocycles. The number of carbonyl (C=O) groups is 1. The van der Waals surface area contributed by atoms with Crippen molar-refractivity contribution in [3.8, 4) is 22.8 Å². The molecule has 0 aliphatic rings. The molecule has 4 aromatic heterocycles. The Kier molecular flexibility index (Phi) is 9.20. The third-order valence-corrected chi connectivity index (χ3v) is 8.73. The van der Waals surface area contributed by atoms with Gasteiger partial charge in [0, 0.05) is 57.7 Å². The van der Waals surface area contributed by atoms with Gasteiger partial charge in [0.25, 0.3) is 0 Å². The van der Waals surface area contributed by atoms with Gasteiger partial charge in [0.1, 0.15) is 18.0 Å². The molecule has 1 N–H and O–H groups in total. The van der Waals surface area contributed by atoms with Crippen LogP contribution in [0.3, 0.4) is 0 Å². The number of hydrogen-bond acceptors (Lipinski definition) is 7. The van der Waals surface area contributed by atoms with Crippen molar-refractivity contribution in [3.63, 3.8) is 0 Å². The molecule has 0 aliphatic carbocycles. The number of aliphatic carboxylic acids is 1. The zero-order valence-electron chi connectivity index (χ0n) is 26.9. The number of thioether (sulfide) groups is 1. The Morgan fingerprint density at radius 3 is 2.24 bits per heavy atom. The molecule has 0 bridgehead atoms. The maximum Gasteiger partial charge on any atom is 0.309 e. The number of ether oxygens (including phenoxy) is 2. The highest BCUT2D eigenvalue weighted by Crippen LogP contribution is 2.43. The molecular weight excluding hydrogens is 584 g/mol. The number of aryl methyl sites for hydroxylation is 1. The highest BCUT2D eigenvalue weighted by molar-refractivity contribution is 8.00. The minimum atomic E-state index is -0.985. The van der Waals surface area contributed by atoms with E-state index in [2.05, 4.69) is 59.6 Å². The summed E-state index contributed by atoms with van der Waals surface area (Å²) in [6.45, 7) is 12.9. The number of benzene rings is 1. The van der Waals surface area contributed by atoms with Crippen LogP contribution in [0.4, 0.5) is 0 Å². The number of fused-ring (bicyclic) bond motifs is 1. The van der Waals surface area contributed by atoms with Crippen LogP contribution in [-0.2, 0) is 24.4 Å². The van der Waals surface area contributed by atoms with Crippen LogP contribution in [0, 0.1) is 12.3 Å². The van der Waals surface area contributed by atoms with Gasteiger partial charge in [-0.2, -0.15) is 0 Å². The van der Waals surface area contributed by atoms with Crippen molar-refractivity contribution in [1.82, 2.24) is 19.5 Å². The van der Waals surface area contributed by atoms with E-state index in [0.717, 1.165) is 49.6 Å². The van der Waals surface area contributed by atoms with Gasteiger partial charge in [0.15, 0.2) is 0 Å². The van der Waals surface area contributed by atoms with Crippen molar-refractivity contribution < 1.29 is 19.4 Å². The topological polar surface area (TPSA) is 99.4 Å². The van der Waals surface area contributed by atoms with Gasteiger partial charge in [-0.25, -0.2) is 9.97 Å². The number of aromatic nitrogens is 4. The second-order valence-electron chi connectivity index (χ2n) is 12.9. The Morgan fingerprint density at radius 1 is 0.911 bits per heavy atom. The molecule has 45 heavy (non-hydrogen) atoms. The Bertz CT molecular complexity index is 1790. The van der Waals surface area contributed by atoms with E-state index in [1.54, 1.807) is 45.1 Å². The molecule has 0 fully saturated rings. The average Bonchev–Trinajstić information content (AvgIpc) is 3.26. The first-order valence-electron chi connectivity index (χ1n) is 14.9. The fourth-order valence-corrected chi connectivity index (χ4v) is 6.14. The molecule has 0 unspecified atom stereocenters. The number of methoxy groups -OCH3 is 1. The highest BCUT2D eigenvalue weighted by Gasteiger charge is 2.33. The molecule has 0 atom stereocenters. The SMILES string of the molecule is COc1ccc(-c2ccc(Cn3c(CC(C)(C)C(=O)O)c(SC(C)(C)C)c4cc(OCc5ccc(C)cn5)cnc43)cc2)cn1. The highest BCUT2D eigenvalue weighted by atomic mass is 32.2. The lowest BCUT2D eigenvalue weighted by Crippen LogP contribution is -2.28. The van der Waals surface area contributed by atoms with Gasteiger partial charge in [0.05, 0.1) is 24.4 Å². The summed E-state index contributed by atoms with van der Waals surface area (Å²) in [6.07, 6.45) is 5.71. The summed E-state index contributed by atoms with van der Waals surface area (Å²) in [7, 11) is 1.60. The number of carboxylic acid groups (broad SMARTS) is 1. The summed E-state index contributed by atoms with van der Waals surface area (Å²) < 4.78 is 13.4. The molecule has 5 rings (SSSR count). The van der Waals surface area contributed by atoms with Crippen LogP contribution in [0.25, 0.3) is 22.2 Å². The molecule has 0 amide bonds. The summed E-state index contributed by atoms with van der Waals surface area (Å²) in [6, 6.07) is 18.2. The molecule has 4 heterocycles. The van der Waals surface area contributed by atoms with Crippen molar-refractivity contribution in [3.05, 3.63) is 95.7 Å². The fraction of sp³-hybridized carbons (Fsp3) is 0.333. The van der Waals surface area contributed by atoms with Gasteiger partial charge in [-0.05, 0) is 55.7 Å². The molecule has 0 aliphatic heterocycles. The quantitative estimate of drug-likeness (QED) is 0.148. The van der Waals surface area contributed by atoms with Crippen molar-refractivity contribution >= 4 is 28.8 Å².